The Labute approximate surface area is 125 Å². The minimum absolute atomic E-state index is 0.0822. The number of hydrogen-bond acceptors (Lipinski definition) is 3. The molecule has 3 nitrogen and oxygen atoms in total. The summed E-state index contributed by atoms with van der Waals surface area (Å²) < 4.78 is 6.05. The van der Waals surface area contributed by atoms with Crippen molar-refractivity contribution >= 4 is 0 Å². The van der Waals surface area contributed by atoms with Crippen LogP contribution in [0.4, 0.5) is 0 Å². The molecular formula is C17H35NO2. The van der Waals surface area contributed by atoms with Gasteiger partial charge in [0, 0.05) is 12.1 Å². The van der Waals surface area contributed by atoms with Gasteiger partial charge in [0.2, 0.25) is 0 Å². The Morgan fingerprint density at radius 3 is 2.65 bits per heavy atom. The standard InChI is InChI=1S/C17H35NO2/c1-3-5-6-7-8-13-20-16-10-9-11-17(14-16,15-19)18-12-4-2/h16,18-19H,3-15H2,1-2H3. The molecule has 0 radical (unpaired) electrons. The molecule has 1 saturated carbocycles. The van der Waals surface area contributed by atoms with Crippen LogP contribution in [0.3, 0.4) is 0 Å². The topological polar surface area (TPSA) is 41.5 Å². The van der Waals surface area contributed by atoms with E-state index in [0.717, 1.165) is 45.3 Å². The predicted molar refractivity (Wildman–Crippen MR) is 85.1 cm³/mol. The van der Waals surface area contributed by atoms with E-state index >= 15 is 0 Å². The number of unbranched alkanes of at least 4 members (excludes halogenated alkanes) is 4. The van der Waals surface area contributed by atoms with Gasteiger partial charge in [0.15, 0.2) is 0 Å². The summed E-state index contributed by atoms with van der Waals surface area (Å²) in [5.41, 5.74) is -0.0822. The molecule has 0 aromatic carbocycles. The fraction of sp³-hybridized carbons (Fsp3) is 1.00. The van der Waals surface area contributed by atoms with Crippen LogP contribution in [-0.2, 0) is 4.74 Å². The van der Waals surface area contributed by atoms with E-state index in [1.807, 2.05) is 0 Å². The summed E-state index contributed by atoms with van der Waals surface area (Å²) in [6.07, 6.45) is 12.3. The molecule has 0 saturated heterocycles. The second-order valence-corrected chi connectivity index (χ2v) is 6.37. The Hall–Kier alpha value is -0.120. The summed E-state index contributed by atoms with van der Waals surface area (Å²) in [7, 11) is 0. The van der Waals surface area contributed by atoms with Crippen LogP contribution >= 0.6 is 0 Å². The summed E-state index contributed by atoms with van der Waals surface area (Å²) >= 11 is 0. The first-order valence-electron chi connectivity index (χ1n) is 8.74. The maximum atomic E-state index is 9.74. The van der Waals surface area contributed by atoms with Crippen LogP contribution in [0.25, 0.3) is 0 Å². The second kappa shape index (κ2) is 10.6. The van der Waals surface area contributed by atoms with Gasteiger partial charge in [0.1, 0.15) is 0 Å². The zero-order valence-corrected chi connectivity index (χ0v) is 13.6. The minimum Gasteiger partial charge on any atom is -0.394 e. The number of aliphatic hydroxyl groups is 1. The first kappa shape index (κ1) is 17.9. The van der Waals surface area contributed by atoms with Gasteiger partial charge in [-0.1, -0.05) is 39.5 Å². The lowest BCUT2D eigenvalue weighted by atomic mass is 9.80. The number of ether oxygens (including phenoxy) is 1. The van der Waals surface area contributed by atoms with Gasteiger partial charge in [-0.3, -0.25) is 0 Å². The van der Waals surface area contributed by atoms with Crippen molar-refractivity contribution in [2.45, 2.75) is 89.7 Å². The summed E-state index contributed by atoms with van der Waals surface area (Å²) in [4.78, 5) is 0. The normalized spacial score (nSPS) is 26.9. The lowest BCUT2D eigenvalue weighted by Crippen LogP contribution is -2.53. The Balaban J connectivity index is 2.22. The fourth-order valence-electron chi connectivity index (χ4n) is 3.16. The third kappa shape index (κ3) is 6.55. The minimum atomic E-state index is -0.0822. The van der Waals surface area contributed by atoms with Gasteiger partial charge in [0.05, 0.1) is 12.7 Å². The van der Waals surface area contributed by atoms with Crippen LogP contribution in [0.5, 0.6) is 0 Å². The van der Waals surface area contributed by atoms with Crippen LogP contribution in [0.1, 0.15) is 78.1 Å². The monoisotopic (exact) mass is 285 g/mol. The Morgan fingerprint density at radius 2 is 1.95 bits per heavy atom. The number of nitrogens with one attached hydrogen (secondary N) is 1. The average Bonchev–Trinajstić information content (AvgIpc) is 2.49. The molecule has 0 amide bonds. The van der Waals surface area contributed by atoms with E-state index in [9.17, 15) is 5.11 Å². The van der Waals surface area contributed by atoms with Crippen LogP contribution in [-0.4, -0.2) is 36.5 Å². The van der Waals surface area contributed by atoms with E-state index in [-0.39, 0.29) is 12.1 Å². The summed E-state index contributed by atoms with van der Waals surface area (Å²) in [6, 6.07) is 0. The molecule has 1 aliphatic rings. The van der Waals surface area contributed by atoms with Crippen molar-refractivity contribution in [2.75, 3.05) is 19.8 Å². The molecule has 0 aromatic rings. The highest BCUT2D eigenvalue weighted by Gasteiger charge is 2.35. The number of hydrogen-bond donors (Lipinski definition) is 2. The van der Waals surface area contributed by atoms with Crippen molar-refractivity contribution in [2.24, 2.45) is 0 Å². The zero-order valence-electron chi connectivity index (χ0n) is 13.6. The molecule has 0 aromatic heterocycles. The van der Waals surface area contributed by atoms with E-state index in [1.165, 1.54) is 32.1 Å². The summed E-state index contributed by atoms with van der Waals surface area (Å²) in [5.74, 6) is 0. The van der Waals surface area contributed by atoms with Crippen LogP contribution < -0.4 is 5.32 Å². The molecule has 120 valence electrons. The highest BCUT2D eigenvalue weighted by atomic mass is 16.5. The largest absolute Gasteiger partial charge is 0.394 e. The summed E-state index contributed by atoms with van der Waals surface area (Å²) in [5, 5.41) is 13.3. The van der Waals surface area contributed by atoms with Crippen molar-refractivity contribution in [3.63, 3.8) is 0 Å². The van der Waals surface area contributed by atoms with Crippen molar-refractivity contribution in [3.05, 3.63) is 0 Å². The first-order chi connectivity index (χ1) is 9.76. The van der Waals surface area contributed by atoms with Crippen LogP contribution in [0, 0.1) is 0 Å². The van der Waals surface area contributed by atoms with E-state index in [1.54, 1.807) is 0 Å². The van der Waals surface area contributed by atoms with Gasteiger partial charge >= 0.3 is 0 Å². The van der Waals surface area contributed by atoms with Gasteiger partial charge < -0.3 is 15.2 Å². The third-order valence-corrected chi connectivity index (χ3v) is 4.45. The molecule has 1 fully saturated rings. The smallest absolute Gasteiger partial charge is 0.0614 e. The van der Waals surface area contributed by atoms with Gasteiger partial charge in [-0.2, -0.15) is 0 Å². The molecule has 1 rings (SSSR count). The van der Waals surface area contributed by atoms with E-state index < -0.39 is 0 Å². The fourth-order valence-corrected chi connectivity index (χ4v) is 3.16. The third-order valence-electron chi connectivity index (χ3n) is 4.45. The Kier molecular flexibility index (Phi) is 9.49. The van der Waals surface area contributed by atoms with Crippen LogP contribution in [0.2, 0.25) is 0 Å². The Bertz CT molecular complexity index is 235. The van der Waals surface area contributed by atoms with E-state index in [0.29, 0.717) is 6.10 Å². The van der Waals surface area contributed by atoms with Gasteiger partial charge in [-0.25, -0.2) is 0 Å². The highest BCUT2D eigenvalue weighted by molar-refractivity contribution is 4.93. The molecular weight excluding hydrogens is 250 g/mol. The van der Waals surface area contributed by atoms with Gasteiger partial charge in [-0.15, -0.1) is 0 Å². The molecule has 0 aliphatic heterocycles. The highest BCUT2D eigenvalue weighted by Crippen LogP contribution is 2.30. The SMILES string of the molecule is CCCCCCCOC1CCCC(CO)(NCCC)C1. The van der Waals surface area contributed by atoms with Crippen molar-refractivity contribution in [3.8, 4) is 0 Å². The zero-order chi connectivity index (χ0) is 14.7. The molecule has 3 heteroatoms. The Morgan fingerprint density at radius 1 is 1.15 bits per heavy atom. The van der Waals surface area contributed by atoms with Crippen molar-refractivity contribution in [1.29, 1.82) is 0 Å². The van der Waals surface area contributed by atoms with E-state index in [4.69, 9.17) is 4.74 Å². The molecule has 0 heterocycles. The maximum absolute atomic E-state index is 9.74. The quantitative estimate of drug-likeness (QED) is 0.569. The van der Waals surface area contributed by atoms with E-state index in [2.05, 4.69) is 19.2 Å². The first-order valence-corrected chi connectivity index (χ1v) is 8.74. The van der Waals surface area contributed by atoms with Crippen molar-refractivity contribution < 1.29 is 9.84 Å². The molecule has 20 heavy (non-hydrogen) atoms. The van der Waals surface area contributed by atoms with Crippen LogP contribution in [0.15, 0.2) is 0 Å². The molecule has 2 unspecified atom stereocenters. The second-order valence-electron chi connectivity index (χ2n) is 6.37. The average molecular weight is 285 g/mol. The van der Waals surface area contributed by atoms with Gasteiger partial charge in [0.25, 0.3) is 0 Å². The molecule has 2 atom stereocenters. The molecule has 1 aliphatic carbocycles. The number of rotatable bonds is 11. The lowest BCUT2D eigenvalue weighted by Gasteiger charge is -2.40. The number of aliphatic hydroxyl groups excluding tert-OH is 1. The molecule has 0 bridgehead atoms. The van der Waals surface area contributed by atoms with Gasteiger partial charge in [-0.05, 0) is 45.1 Å². The summed E-state index contributed by atoms with van der Waals surface area (Å²) in [6.45, 7) is 6.54. The molecule has 2 N–H and O–H groups in total. The van der Waals surface area contributed by atoms with Crippen molar-refractivity contribution in [1.82, 2.24) is 5.32 Å². The predicted octanol–water partition coefficient (Wildman–Crippen LogP) is 3.65. The maximum Gasteiger partial charge on any atom is 0.0614 e. The lowest BCUT2D eigenvalue weighted by molar-refractivity contribution is -0.0169. The molecule has 0 spiro atoms.